The first-order chi connectivity index (χ1) is 9.08. The van der Waals surface area contributed by atoms with Gasteiger partial charge in [0.15, 0.2) is 0 Å². The number of halogens is 3. The van der Waals surface area contributed by atoms with Gasteiger partial charge in [0.1, 0.15) is 0 Å². The number of alkyl halides is 3. The van der Waals surface area contributed by atoms with E-state index in [1.165, 1.54) is 6.08 Å². The first-order valence-corrected chi connectivity index (χ1v) is 6.41. The minimum absolute atomic E-state index is 0.588. The van der Waals surface area contributed by atoms with E-state index >= 15 is 0 Å². The predicted molar refractivity (Wildman–Crippen MR) is 69.8 cm³/mol. The fourth-order valence-corrected chi connectivity index (χ4v) is 1.57. The van der Waals surface area contributed by atoms with Crippen LogP contribution in [0.4, 0.5) is 13.2 Å². The van der Waals surface area contributed by atoms with Crippen LogP contribution in [0.1, 0.15) is 31.2 Å². The molecule has 0 saturated carbocycles. The third-order valence-corrected chi connectivity index (χ3v) is 2.54. The van der Waals surface area contributed by atoms with E-state index in [1.54, 1.807) is 6.08 Å². The van der Waals surface area contributed by atoms with E-state index in [0.29, 0.717) is 19.6 Å². The van der Waals surface area contributed by atoms with Crippen LogP contribution in [0.5, 0.6) is 0 Å². The highest BCUT2D eigenvalue weighted by Gasteiger charge is 2.24. The highest BCUT2D eigenvalue weighted by molar-refractivity contribution is 5.13. The summed E-state index contributed by atoms with van der Waals surface area (Å²) in [6.45, 7) is 1.23. The summed E-state index contributed by atoms with van der Waals surface area (Å²) in [6, 6.07) is 9.88. The maximum absolute atomic E-state index is 11.8. The summed E-state index contributed by atoms with van der Waals surface area (Å²) in [5.41, 5.74) is 1.13. The smallest absolute Gasteiger partial charge is 0.377 e. The minimum atomic E-state index is -4.09. The van der Waals surface area contributed by atoms with Crippen molar-refractivity contribution in [3.05, 3.63) is 48.0 Å². The van der Waals surface area contributed by atoms with E-state index in [-0.39, 0.29) is 0 Å². The molecule has 0 aliphatic carbocycles. The van der Waals surface area contributed by atoms with E-state index in [4.69, 9.17) is 4.74 Å². The van der Waals surface area contributed by atoms with Crippen LogP contribution in [0.2, 0.25) is 0 Å². The maximum Gasteiger partial charge on any atom is 0.392 e. The third kappa shape index (κ3) is 9.31. The second kappa shape index (κ2) is 8.75. The number of hydrogen-bond donors (Lipinski definition) is 0. The molecule has 0 aromatic heterocycles. The zero-order valence-corrected chi connectivity index (χ0v) is 10.8. The Morgan fingerprint density at radius 1 is 1.00 bits per heavy atom. The second-order valence-electron chi connectivity index (χ2n) is 4.32. The molecule has 1 nitrogen and oxygen atoms in total. The lowest BCUT2D eigenvalue weighted by molar-refractivity contribution is -0.125. The van der Waals surface area contributed by atoms with Crippen LogP contribution in [0, 0.1) is 0 Å². The Labute approximate surface area is 112 Å². The summed E-state index contributed by atoms with van der Waals surface area (Å²) < 4.78 is 40.9. The summed E-state index contributed by atoms with van der Waals surface area (Å²) in [5.74, 6) is 0. The van der Waals surface area contributed by atoms with Crippen molar-refractivity contribution in [1.29, 1.82) is 0 Å². The first kappa shape index (κ1) is 15.8. The van der Waals surface area contributed by atoms with Gasteiger partial charge in [0.25, 0.3) is 0 Å². The molecule has 0 heterocycles. The molecule has 1 aromatic rings. The summed E-state index contributed by atoms with van der Waals surface area (Å²) in [6.07, 6.45) is 0.236. The molecule has 1 aromatic carbocycles. The van der Waals surface area contributed by atoms with Crippen molar-refractivity contribution in [1.82, 2.24) is 0 Å². The zero-order valence-electron chi connectivity index (χ0n) is 10.8. The lowest BCUT2D eigenvalue weighted by Crippen LogP contribution is -2.03. The Hall–Kier alpha value is -1.29. The fourth-order valence-electron chi connectivity index (χ4n) is 1.57. The van der Waals surface area contributed by atoms with Crippen molar-refractivity contribution >= 4 is 0 Å². The van der Waals surface area contributed by atoms with Crippen LogP contribution in [0.15, 0.2) is 42.5 Å². The van der Waals surface area contributed by atoms with Crippen LogP contribution in [-0.4, -0.2) is 12.8 Å². The monoisotopic (exact) mass is 272 g/mol. The number of ether oxygens (including phenoxy) is 1. The minimum Gasteiger partial charge on any atom is -0.377 e. The summed E-state index contributed by atoms with van der Waals surface area (Å²) in [7, 11) is 0. The standard InChI is InChI=1S/C15H19F3O/c16-15(17,18)11-7-2-1-3-8-12-19-13-14-9-5-4-6-10-14/h2,4-7,9-10H,1,3,8,11-13H2. The molecule has 0 aliphatic heterocycles. The highest BCUT2D eigenvalue weighted by atomic mass is 19.4. The van der Waals surface area contributed by atoms with Gasteiger partial charge in [-0.3, -0.25) is 0 Å². The van der Waals surface area contributed by atoms with Gasteiger partial charge in [-0.15, -0.1) is 0 Å². The summed E-state index contributed by atoms with van der Waals surface area (Å²) in [5, 5.41) is 0. The largest absolute Gasteiger partial charge is 0.392 e. The number of hydrogen-bond acceptors (Lipinski definition) is 1. The lowest BCUT2D eigenvalue weighted by atomic mass is 10.2. The molecule has 0 spiro atoms. The van der Waals surface area contributed by atoms with E-state index in [0.717, 1.165) is 18.4 Å². The lowest BCUT2D eigenvalue weighted by Gasteiger charge is -2.03. The van der Waals surface area contributed by atoms with Gasteiger partial charge in [-0.25, -0.2) is 0 Å². The van der Waals surface area contributed by atoms with Gasteiger partial charge in [0, 0.05) is 6.61 Å². The first-order valence-electron chi connectivity index (χ1n) is 6.41. The molecule has 19 heavy (non-hydrogen) atoms. The molecule has 0 atom stereocenters. The van der Waals surface area contributed by atoms with Crippen LogP contribution in [0.25, 0.3) is 0 Å². The van der Waals surface area contributed by atoms with Crippen molar-refractivity contribution < 1.29 is 17.9 Å². The highest BCUT2D eigenvalue weighted by Crippen LogP contribution is 2.19. The molecular weight excluding hydrogens is 253 g/mol. The molecule has 0 amide bonds. The average Bonchev–Trinajstić information content (AvgIpc) is 2.37. The third-order valence-electron chi connectivity index (χ3n) is 2.54. The Bertz CT molecular complexity index is 357. The SMILES string of the molecule is FC(F)(F)CC=CCCCCOCc1ccccc1. The molecule has 1 rings (SSSR count). The fraction of sp³-hybridized carbons (Fsp3) is 0.467. The molecule has 0 aliphatic rings. The molecule has 0 radical (unpaired) electrons. The maximum atomic E-state index is 11.8. The summed E-state index contributed by atoms with van der Waals surface area (Å²) in [4.78, 5) is 0. The van der Waals surface area contributed by atoms with Crippen LogP contribution >= 0.6 is 0 Å². The van der Waals surface area contributed by atoms with Crippen molar-refractivity contribution in [2.75, 3.05) is 6.61 Å². The normalized spacial score (nSPS) is 12.2. The van der Waals surface area contributed by atoms with Gasteiger partial charge < -0.3 is 4.74 Å². The average molecular weight is 272 g/mol. The van der Waals surface area contributed by atoms with E-state index in [2.05, 4.69) is 0 Å². The molecule has 0 bridgehead atoms. The number of allylic oxidation sites excluding steroid dienone is 2. The summed E-state index contributed by atoms with van der Waals surface area (Å²) >= 11 is 0. The van der Waals surface area contributed by atoms with E-state index < -0.39 is 12.6 Å². The van der Waals surface area contributed by atoms with Crippen molar-refractivity contribution in [2.24, 2.45) is 0 Å². The zero-order chi connectivity index (χ0) is 14.0. The van der Waals surface area contributed by atoms with Gasteiger partial charge in [-0.2, -0.15) is 13.2 Å². The number of benzene rings is 1. The Balaban J connectivity index is 1.94. The van der Waals surface area contributed by atoms with Crippen molar-refractivity contribution in [3.8, 4) is 0 Å². The molecule has 4 heteroatoms. The van der Waals surface area contributed by atoms with Gasteiger partial charge >= 0.3 is 6.18 Å². The Kier molecular flexibility index (Phi) is 7.26. The molecule has 0 saturated heterocycles. The second-order valence-corrected chi connectivity index (χ2v) is 4.32. The Morgan fingerprint density at radius 3 is 2.42 bits per heavy atom. The predicted octanol–water partition coefficient (Wildman–Crippen LogP) is 4.88. The molecule has 0 unspecified atom stereocenters. The van der Waals surface area contributed by atoms with Gasteiger partial charge in [0.05, 0.1) is 13.0 Å². The van der Waals surface area contributed by atoms with E-state index in [9.17, 15) is 13.2 Å². The molecular formula is C15H19F3O. The van der Waals surface area contributed by atoms with Crippen molar-refractivity contribution in [2.45, 2.75) is 38.5 Å². The molecule has 0 fully saturated rings. The quantitative estimate of drug-likeness (QED) is 0.484. The Morgan fingerprint density at radius 2 is 1.74 bits per heavy atom. The number of rotatable bonds is 8. The molecule has 0 N–H and O–H groups in total. The van der Waals surface area contributed by atoms with Crippen LogP contribution in [-0.2, 0) is 11.3 Å². The van der Waals surface area contributed by atoms with E-state index in [1.807, 2.05) is 30.3 Å². The van der Waals surface area contributed by atoms with Crippen LogP contribution < -0.4 is 0 Å². The number of unbranched alkanes of at least 4 members (excludes halogenated alkanes) is 2. The van der Waals surface area contributed by atoms with Gasteiger partial charge in [0.2, 0.25) is 0 Å². The molecule has 106 valence electrons. The van der Waals surface area contributed by atoms with Crippen LogP contribution in [0.3, 0.4) is 0 Å². The van der Waals surface area contributed by atoms with Gasteiger partial charge in [-0.05, 0) is 24.8 Å². The topological polar surface area (TPSA) is 9.23 Å². The van der Waals surface area contributed by atoms with Crippen molar-refractivity contribution in [3.63, 3.8) is 0 Å². The van der Waals surface area contributed by atoms with Gasteiger partial charge in [-0.1, -0.05) is 42.5 Å².